The Bertz CT molecular complexity index is 530. The highest BCUT2D eigenvalue weighted by Crippen LogP contribution is 2.33. The summed E-state index contributed by atoms with van der Waals surface area (Å²) < 4.78 is 30.0. The van der Waals surface area contributed by atoms with Crippen LogP contribution in [0, 0.1) is 6.92 Å². The number of nitrogens with two attached hydrogens (primary N) is 1. The van der Waals surface area contributed by atoms with Crippen molar-refractivity contribution in [1.29, 1.82) is 0 Å². The van der Waals surface area contributed by atoms with Gasteiger partial charge in [-0.15, -0.1) is 10.2 Å². The number of nitrogen functional groups attached to an aromatic ring is 1. The third-order valence-corrected chi connectivity index (χ3v) is 2.92. The van der Waals surface area contributed by atoms with Gasteiger partial charge in [-0.2, -0.15) is 0 Å². The van der Waals surface area contributed by atoms with Crippen LogP contribution in [0.3, 0.4) is 0 Å². The van der Waals surface area contributed by atoms with Crippen molar-refractivity contribution < 1.29 is 13.2 Å². The molecule has 4 nitrogen and oxygen atoms in total. The van der Waals surface area contributed by atoms with Gasteiger partial charge < -0.3 is 10.2 Å². The van der Waals surface area contributed by atoms with E-state index in [1.54, 1.807) is 6.92 Å². The Morgan fingerprint density at radius 2 is 2.12 bits per heavy atom. The zero-order valence-corrected chi connectivity index (χ0v) is 9.67. The molecule has 0 bridgehead atoms. The Kier molecular flexibility index (Phi) is 3.28. The molecule has 2 rings (SSSR count). The Balaban J connectivity index is 2.22. The molecule has 2 aromatic rings. The third kappa shape index (κ3) is 2.73. The fraction of sp³-hybridized carbons (Fsp3) is 0.200. The van der Waals surface area contributed by atoms with Crippen molar-refractivity contribution in [1.82, 2.24) is 10.2 Å². The number of alkyl halides is 2. The maximum absolute atomic E-state index is 12.4. The number of nitrogens with zero attached hydrogens (tertiary/aromatic N) is 2. The highest BCUT2D eigenvalue weighted by Gasteiger charge is 2.12. The maximum Gasteiger partial charge on any atom is 0.281 e. The number of aromatic nitrogens is 2. The first-order valence-electron chi connectivity index (χ1n) is 4.72. The van der Waals surface area contributed by atoms with Gasteiger partial charge in [0.1, 0.15) is 0 Å². The lowest BCUT2D eigenvalue weighted by Crippen LogP contribution is -1.92. The summed E-state index contributed by atoms with van der Waals surface area (Å²) in [5.74, 6) is 0.440. The van der Waals surface area contributed by atoms with Crippen LogP contribution in [0.15, 0.2) is 32.7 Å². The largest absolute Gasteiger partial charge is 0.416 e. The van der Waals surface area contributed by atoms with E-state index in [9.17, 15) is 8.78 Å². The topological polar surface area (TPSA) is 64.9 Å². The van der Waals surface area contributed by atoms with E-state index in [-0.39, 0.29) is 11.3 Å². The summed E-state index contributed by atoms with van der Waals surface area (Å²) in [7, 11) is 0. The molecule has 0 aliphatic carbocycles. The molecule has 0 fully saturated rings. The molecule has 2 N–H and O–H groups in total. The van der Waals surface area contributed by atoms with Crippen LogP contribution in [0.4, 0.5) is 14.5 Å². The zero-order chi connectivity index (χ0) is 12.4. The molecule has 0 amide bonds. The molecule has 1 heterocycles. The Hall–Kier alpha value is -1.63. The van der Waals surface area contributed by atoms with Crippen molar-refractivity contribution >= 4 is 17.4 Å². The lowest BCUT2D eigenvalue weighted by Gasteiger charge is -2.05. The second-order valence-electron chi connectivity index (χ2n) is 3.29. The quantitative estimate of drug-likeness (QED) is 0.856. The minimum absolute atomic E-state index is 0.103. The molecule has 0 radical (unpaired) electrons. The lowest BCUT2D eigenvalue weighted by atomic mass is 10.2. The Morgan fingerprint density at radius 1 is 1.35 bits per heavy atom. The van der Waals surface area contributed by atoms with Crippen LogP contribution in [0.1, 0.15) is 17.9 Å². The summed E-state index contributed by atoms with van der Waals surface area (Å²) in [5.41, 5.74) is 5.83. The number of aryl methyl sites for hydroxylation is 1. The average molecular weight is 257 g/mol. The van der Waals surface area contributed by atoms with Gasteiger partial charge in [0.2, 0.25) is 5.89 Å². The number of hydrogen-bond acceptors (Lipinski definition) is 5. The first-order valence-corrected chi connectivity index (χ1v) is 5.53. The highest BCUT2D eigenvalue weighted by atomic mass is 32.2. The first kappa shape index (κ1) is 11.8. The van der Waals surface area contributed by atoms with Gasteiger partial charge in [0.25, 0.3) is 11.6 Å². The van der Waals surface area contributed by atoms with Crippen molar-refractivity contribution in [2.24, 2.45) is 0 Å². The van der Waals surface area contributed by atoms with Crippen LogP contribution in [0.25, 0.3) is 0 Å². The number of anilines is 1. The number of rotatable bonds is 3. The van der Waals surface area contributed by atoms with E-state index in [1.165, 1.54) is 18.2 Å². The monoisotopic (exact) mass is 257 g/mol. The van der Waals surface area contributed by atoms with Crippen molar-refractivity contribution in [2.45, 2.75) is 23.5 Å². The third-order valence-electron chi connectivity index (χ3n) is 1.99. The van der Waals surface area contributed by atoms with Gasteiger partial charge in [-0.1, -0.05) is 6.07 Å². The van der Waals surface area contributed by atoms with E-state index < -0.39 is 6.43 Å². The van der Waals surface area contributed by atoms with Crippen molar-refractivity contribution in [3.05, 3.63) is 29.7 Å². The summed E-state index contributed by atoms with van der Waals surface area (Å²) in [5, 5.41) is 7.77. The minimum Gasteiger partial charge on any atom is -0.416 e. The van der Waals surface area contributed by atoms with Crippen molar-refractivity contribution in [2.75, 3.05) is 5.73 Å². The van der Waals surface area contributed by atoms with Crippen molar-refractivity contribution in [3.8, 4) is 0 Å². The minimum atomic E-state index is -2.53. The normalized spacial score (nSPS) is 11.1. The van der Waals surface area contributed by atoms with Crippen LogP contribution in [0.5, 0.6) is 0 Å². The molecule has 0 aliphatic rings. The van der Waals surface area contributed by atoms with E-state index in [0.717, 1.165) is 11.8 Å². The van der Waals surface area contributed by atoms with Gasteiger partial charge in [0.05, 0.1) is 0 Å². The summed E-state index contributed by atoms with van der Waals surface area (Å²) in [6.07, 6.45) is -2.53. The Morgan fingerprint density at radius 3 is 2.65 bits per heavy atom. The van der Waals surface area contributed by atoms with Gasteiger partial charge in [0, 0.05) is 23.1 Å². The summed E-state index contributed by atoms with van der Waals surface area (Å²) in [6.45, 7) is 1.67. The predicted octanol–water partition coefficient (Wildman–Crippen LogP) is 3.05. The molecular weight excluding hydrogens is 248 g/mol. The van der Waals surface area contributed by atoms with Gasteiger partial charge in [-0.25, -0.2) is 8.78 Å². The SMILES string of the molecule is Cc1nnc(Sc2ccc(C(F)F)cc2N)o1. The van der Waals surface area contributed by atoms with E-state index in [4.69, 9.17) is 10.2 Å². The van der Waals surface area contributed by atoms with Crippen LogP contribution in [0.2, 0.25) is 0 Å². The predicted molar refractivity (Wildman–Crippen MR) is 59.0 cm³/mol. The van der Waals surface area contributed by atoms with Gasteiger partial charge in [-0.3, -0.25) is 0 Å². The highest BCUT2D eigenvalue weighted by molar-refractivity contribution is 7.99. The zero-order valence-electron chi connectivity index (χ0n) is 8.85. The molecule has 0 saturated heterocycles. The molecular formula is C10H9F2N3OS. The maximum atomic E-state index is 12.4. The molecule has 1 aromatic heterocycles. The van der Waals surface area contributed by atoms with Gasteiger partial charge >= 0.3 is 0 Å². The fourth-order valence-corrected chi connectivity index (χ4v) is 1.95. The van der Waals surface area contributed by atoms with E-state index >= 15 is 0 Å². The molecule has 7 heteroatoms. The van der Waals surface area contributed by atoms with E-state index in [1.807, 2.05) is 0 Å². The fourth-order valence-electron chi connectivity index (χ4n) is 1.21. The van der Waals surface area contributed by atoms with E-state index in [2.05, 4.69) is 10.2 Å². The standard InChI is InChI=1S/C10H9F2N3OS/c1-5-14-15-10(16-5)17-8-3-2-6(9(11)12)4-7(8)13/h2-4,9H,13H2,1H3. The van der Waals surface area contributed by atoms with Crippen LogP contribution < -0.4 is 5.73 Å². The lowest BCUT2D eigenvalue weighted by molar-refractivity contribution is 0.151. The number of benzene rings is 1. The van der Waals surface area contributed by atoms with Crippen LogP contribution in [-0.2, 0) is 0 Å². The summed E-state index contributed by atoms with van der Waals surface area (Å²) in [6, 6.07) is 4.09. The van der Waals surface area contributed by atoms with Gasteiger partial charge in [-0.05, 0) is 23.9 Å². The van der Waals surface area contributed by atoms with Gasteiger partial charge in [0.15, 0.2) is 0 Å². The second kappa shape index (κ2) is 4.70. The molecule has 0 aliphatic heterocycles. The molecule has 0 unspecified atom stereocenters. The smallest absolute Gasteiger partial charge is 0.281 e. The average Bonchev–Trinajstić information content (AvgIpc) is 2.67. The molecule has 90 valence electrons. The van der Waals surface area contributed by atoms with Crippen molar-refractivity contribution in [3.63, 3.8) is 0 Å². The van der Waals surface area contributed by atoms with Crippen LogP contribution in [-0.4, -0.2) is 10.2 Å². The second-order valence-corrected chi connectivity index (χ2v) is 4.28. The summed E-state index contributed by atoms with van der Waals surface area (Å²) in [4.78, 5) is 0.609. The molecule has 0 spiro atoms. The first-order chi connectivity index (χ1) is 8.06. The van der Waals surface area contributed by atoms with E-state index in [0.29, 0.717) is 16.0 Å². The molecule has 17 heavy (non-hydrogen) atoms. The molecule has 0 atom stereocenters. The molecule has 0 saturated carbocycles. The number of halogens is 2. The van der Waals surface area contributed by atoms with Crippen LogP contribution >= 0.6 is 11.8 Å². The molecule has 1 aromatic carbocycles. The number of hydrogen-bond donors (Lipinski definition) is 1. The summed E-state index contributed by atoms with van der Waals surface area (Å²) >= 11 is 1.15. The Labute approximate surface area is 100 Å².